The van der Waals surface area contributed by atoms with Gasteiger partial charge in [-0.15, -0.1) is 0 Å². The second kappa shape index (κ2) is 226. The van der Waals surface area contributed by atoms with Crippen molar-refractivity contribution in [2.24, 2.45) is 0 Å². The van der Waals surface area contributed by atoms with Crippen molar-refractivity contribution in [1.82, 2.24) is 0 Å². The van der Waals surface area contributed by atoms with E-state index >= 15 is 0 Å². The van der Waals surface area contributed by atoms with E-state index < -0.39 is 0 Å². The van der Waals surface area contributed by atoms with Crippen LogP contribution >= 0.6 is 0 Å². The second-order valence-electron chi connectivity index (χ2n) is 1.71. The molecule has 0 saturated carbocycles. The predicted molar refractivity (Wildman–Crippen MR) is 88.3 cm³/mol. The van der Waals surface area contributed by atoms with Crippen LogP contribution in [0, 0.1) is 41.5 Å². The molecule has 0 bridgehead atoms. The van der Waals surface area contributed by atoms with E-state index in [-0.39, 0.29) is 48.9 Å². The molecule has 0 unspecified atom stereocenters. The molecule has 0 spiro atoms. The topological polar surface area (TPSA) is 31.5 Å². The van der Waals surface area contributed by atoms with Gasteiger partial charge in [-0.3, -0.25) is 0 Å². The van der Waals surface area contributed by atoms with Crippen LogP contribution in [0.1, 0.15) is 67.2 Å². The van der Waals surface area contributed by atoms with Crippen molar-refractivity contribution >= 4 is 0 Å². The van der Waals surface area contributed by atoms with Crippen LogP contribution in [0.3, 0.4) is 0 Å². The Morgan fingerprint density at radius 2 is 0.579 bits per heavy atom. The first-order valence-corrected chi connectivity index (χ1v) is 6.24. The third-order valence-corrected chi connectivity index (χ3v) is 0.707. The normalized spacial score (nSPS) is 4.42. The maximum Gasteiger partial charge on any atom is 3.00 e. The largest absolute Gasteiger partial charge is 3.00 e. The molecular formula is C16H40OTi2. The Morgan fingerprint density at radius 3 is 0.579 bits per heavy atom. The molecular weight excluding hydrogens is 304 g/mol. The van der Waals surface area contributed by atoms with Gasteiger partial charge in [0.1, 0.15) is 0 Å². The van der Waals surface area contributed by atoms with Crippen molar-refractivity contribution in [2.45, 2.75) is 67.2 Å². The van der Waals surface area contributed by atoms with E-state index in [2.05, 4.69) is 55.4 Å². The molecule has 0 aliphatic rings. The van der Waals surface area contributed by atoms with Crippen LogP contribution in [0.25, 0.3) is 0 Å². The molecule has 0 fully saturated rings. The van der Waals surface area contributed by atoms with E-state index in [9.17, 15) is 0 Å². The third-order valence-electron chi connectivity index (χ3n) is 0.707. The van der Waals surface area contributed by atoms with E-state index in [0.717, 1.165) is 12.8 Å². The van der Waals surface area contributed by atoms with Gasteiger partial charge in [-0.05, 0) is 0 Å². The van der Waals surface area contributed by atoms with Crippen molar-refractivity contribution in [3.05, 3.63) is 41.5 Å². The predicted octanol–water partition coefficient (Wildman–Crippen LogP) is 5.77. The van der Waals surface area contributed by atoms with Crippen molar-refractivity contribution in [3.8, 4) is 0 Å². The molecule has 0 atom stereocenters. The Bertz CT molecular complexity index is 22.7. The summed E-state index contributed by atoms with van der Waals surface area (Å²) in [6.07, 6.45) is 4.56. The zero-order valence-corrected chi connectivity index (χ0v) is 17.7. The minimum absolute atomic E-state index is 0. The minimum Gasteiger partial charge on any atom is -0.412 e. The van der Waals surface area contributed by atoms with Gasteiger partial charge in [-0.2, -0.15) is 40.5 Å². The van der Waals surface area contributed by atoms with E-state index in [1.165, 1.54) is 12.8 Å². The van der Waals surface area contributed by atoms with E-state index in [1.807, 2.05) is 0 Å². The molecule has 0 rings (SSSR count). The zero-order chi connectivity index (χ0) is 14.8. The molecule has 0 amide bonds. The second-order valence-corrected chi connectivity index (χ2v) is 1.71. The van der Waals surface area contributed by atoms with Crippen LogP contribution in [0.15, 0.2) is 0 Å². The molecule has 0 heterocycles. The Kier molecular flexibility index (Phi) is 702. The van der Waals surface area contributed by atoms with Crippen LogP contribution in [-0.4, -0.2) is 5.48 Å². The number of hydrogen-bond acceptors (Lipinski definition) is 0. The summed E-state index contributed by atoms with van der Waals surface area (Å²) in [4.78, 5) is 0. The molecule has 0 saturated heterocycles. The van der Waals surface area contributed by atoms with Gasteiger partial charge in [0.2, 0.25) is 0 Å². The molecule has 3 heteroatoms. The SMILES string of the molecule is O.[CH2-]C.[CH2-]C.[CH2-]C.[CH2-]C.[CH2-]CCC.[CH2-]CCC.[Ti+3].[Ti+3]. The summed E-state index contributed by atoms with van der Waals surface area (Å²) < 4.78 is 0. The first-order chi connectivity index (χ1) is 7.83. The Labute approximate surface area is 157 Å². The fourth-order valence-electron chi connectivity index (χ4n) is 0. The third kappa shape index (κ3) is 511. The van der Waals surface area contributed by atoms with Gasteiger partial charge in [0.15, 0.2) is 0 Å². The Morgan fingerprint density at radius 1 is 0.526 bits per heavy atom. The van der Waals surface area contributed by atoms with E-state index in [0.29, 0.717) is 0 Å². The van der Waals surface area contributed by atoms with Crippen LogP contribution in [0.4, 0.5) is 0 Å². The quantitative estimate of drug-likeness (QED) is 0.450. The first kappa shape index (κ1) is 59.1. The molecule has 1 nitrogen and oxygen atoms in total. The fraction of sp³-hybridized carbons (Fsp3) is 0.625. The molecule has 118 valence electrons. The average Bonchev–Trinajstić information content (AvgIpc) is 2.47. The van der Waals surface area contributed by atoms with Crippen molar-refractivity contribution in [2.75, 3.05) is 0 Å². The van der Waals surface area contributed by atoms with Crippen molar-refractivity contribution in [3.63, 3.8) is 0 Å². The number of rotatable bonds is 2. The van der Waals surface area contributed by atoms with E-state index in [4.69, 9.17) is 0 Å². The first-order valence-electron chi connectivity index (χ1n) is 6.24. The summed E-state index contributed by atoms with van der Waals surface area (Å²) in [5.74, 6) is 0. The molecule has 19 heavy (non-hydrogen) atoms. The smallest absolute Gasteiger partial charge is 0.412 e. The van der Waals surface area contributed by atoms with E-state index in [1.54, 1.807) is 27.7 Å². The molecule has 0 aromatic rings. The number of unbranched alkanes of at least 4 members (excludes halogenated alkanes) is 2. The average molecular weight is 344 g/mol. The van der Waals surface area contributed by atoms with Crippen molar-refractivity contribution in [1.29, 1.82) is 0 Å². The summed E-state index contributed by atoms with van der Waals surface area (Å²) >= 11 is 0. The van der Waals surface area contributed by atoms with Crippen LogP contribution < -0.4 is 0 Å². The van der Waals surface area contributed by atoms with Gasteiger partial charge in [0, 0.05) is 0 Å². The van der Waals surface area contributed by atoms with Gasteiger partial charge in [0.05, 0.1) is 0 Å². The van der Waals surface area contributed by atoms with Gasteiger partial charge in [-0.1, -0.05) is 26.7 Å². The molecule has 0 aliphatic carbocycles. The maximum absolute atomic E-state index is 3.60. The fourth-order valence-corrected chi connectivity index (χ4v) is 0. The Balaban J connectivity index is -0.00000000908. The maximum atomic E-state index is 3.60. The van der Waals surface area contributed by atoms with Gasteiger partial charge < -0.3 is 47.0 Å². The van der Waals surface area contributed by atoms with Gasteiger partial charge in [-0.25, -0.2) is 0 Å². The number of hydrogen-bond donors (Lipinski definition) is 0. The van der Waals surface area contributed by atoms with Gasteiger partial charge >= 0.3 is 43.4 Å². The van der Waals surface area contributed by atoms with Crippen LogP contribution in [0.5, 0.6) is 0 Å². The van der Waals surface area contributed by atoms with Gasteiger partial charge in [0.25, 0.3) is 0 Å². The van der Waals surface area contributed by atoms with Crippen LogP contribution in [0.2, 0.25) is 0 Å². The molecule has 0 aliphatic heterocycles. The minimum atomic E-state index is 0. The monoisotopic (exact) mass is 344 g/mol. The van der Waals surface area contributed by atoms with Crippen LogP contribution in [-0.2, 0) is 43.4 Å². The summed E-state index contributed by atoms with van der Waals surface area (Å²) in [6.45, 7) is 31.4. The standard InChI is InChI=1S/2C4H9.4C2H5.H2O.2Ti/c2*1-3-4-2;4*1-2;;;/h2*1,3-4H2,2H3;4*1H2,2H3;1H2;;/q6*-1;;2*+3. The Hall–Kier alpha value is 1.39. The summed E-state index contributed by atoms with van der Waals surface area (Å²) in [6, 6.07) is 0. The summed E-state index contributed by atoms with van der Waals surface area (Å²) in [5.41, 5.74) is 0. The molecule has 2 radical (unpaired) electrons. The summed E-state index contributed by atoms with van der Waals surface area (Å²) in [7, 11) is 0. The van der Waals surface area contributed by atoms with Crippen molar-refractivity contribution < 1.29 is 48.9 Å². The molecule has 2 N–H and O–H groups in total. The molecule has 0 aromatic carbocycles. The molecule has 0 aromatic heterocycles. The zero-order valence-electron chi connectivity index (χ0n) is 14.6. The summed E-state index contributed by atoms with van der Waals surface area (Å²) in [5, 5.41) is 0.